The summed E-state index contributed by atoms with van der Waals surface area (Å²) in [7, 11) is 1.67. The Morgan fingerprint density at radius 1 is 1.14 bits per heavy atom. The molecule has 1 amide bonds. The van der Waals surface area contributed by atoms with Crippen molar-refractivity contribution in [3.63, 3.8) is 0 Å². The number of aromatic nitrogens is 1. The van der Waals surface area contributed by atoms with E-state index in [-0.39, 0.29) is 5.91 Å². The maximum absolute atomic E-state index is 13.3. The van der Waals surface area contributed by atoms with Gasteiger partial charge in [-0.3, -0.25) is 4.79 Å². The van der Waals surface area contributed by atoms with Gasteiger partial charge in [0, 0.05) is 50.5 Å². The van der Waals surface area contributed by atoms with Crippen molar-refractivity contribution in [1.82, 2.24) is 9.47 Å². The molecule has 3 heterocycles. The number of nitrogens with zero attached hydrogens (tertiary/aromatic N) is 3. The molecule has 1 fully saturated rings. The minimum atomic E-state index is 0.0460. The zero-order valence-corrected chi connectivity index (χ0v) is 17.3. The first-order valence-electron chi connectivity index (χ1n) is 9.88. The molecule has 0 aliphatic carbocycles. The lowest BCUT2D eigenvalue weighted by Crippen LogP contribution is -2.49. The predicted molar refractivity (Wildman–Crippen MR) is 115 cm³/mol. The third-order valence-corrected chi connectivity index (χ3v) is 5.36. The minimum Gasteiger partial charge on any atom is -0.497 e. The van der Waals surface area contributed by atoms with Crippen LogP contribution in [-0.4, -0.2) is 48.7 Å². The number of carbonyl (C=O) groups is 1. The molecule has 152 valence electrons. The first kappa shape index (κ1) is 19.2. The fraction of sp³-hybridized carbons (Fsp3) is 0.348. The molecular weight excluding hydrogens is 366 g/mol. The van der Waals surface area contributed by atoms with Crippen LogP contribution in [0.5, 0.6) is 5.75 Å². The Morgan fingerprint density at radius 2 is 1.83 bits per heavy atom. The second-order valence-corrected chi connectivity index (χ2v) is 7.66. The van der Waals surface area contributed by atoms with E-state index in [9.17, 15) is 4.79 Å². The lowest BCUT2D eigenvalue weighted by atomic mass is 10.2. The molecule has 0 atom stereocenters. The van der Waals surface area contributed by atoms with E-state index in [1.807, 2.05) is 47.6 Å². The number of furan rings is 1. The molecule has 2 aromatic heterocycles. The third-order valence-electron chi connectivity index (χ3n) is 5.36. The highest BCUT2D eigenvalue weighted by Gasteiger charge is 2.26. The van der Waals surface area contributed by atoms with Crippen molar-refractivity contribution in [2.75, 3.05) is 38.2 Å². The van der Waals surface area contributed by atoms with Crippen molar-refractivity contribution in [1.29, 1.82) is 0 Å². The van der Waals surface area contributed by atoms with Crippen LogP contribution in [0.4, 0.5) is 5.69 Å². The second-order valence-electron chi connectivity index (χ2n) is 7.66. The van der Waals surface area contributed by atoms with E-state index in [0.717, 1.165) is 47.0 Å². The molecule has 6 nitrogen and oxygen atoms in total. The molecule has 0 N–H and O–H groups in total. The van der Waals surface area contributed by atoms with Gasteiger partial charge in [-0.25, -0.2) is 0 Å². The average Bonchev–Trinajstić information content (AvgIpc) is 3.24. The highest BCUT2D eigenvalue weighted by Crippen LogP contribution is 2.26. The summed E-state index contributed by atoms with van der Waals surface area (Å²) in [5, 5.41) is 0. The van der Waals surface area contributed by atoms with Crippen LogP contribution in [0, 0.1) is 6.92 Å². The molecule has 0 saturated carbocycles. The number of piperazine rings is 1. The molecule has 0 bridgehead atoms. The van der Waals surface area contributed by atoms with E-state index in [1.165, 1.54) is 0 Å². The lowest BCUT2D eigenvalue weighted by molar-refractivity contribution is 0.0737. The summed E-state index contributed by atoms with van der Waals surface area (Å²) in [6.45, 7) is 11.5. The first-order valence-corrected chi connectivity index (χ1v) is 9.88. The largest absolute Gasteiger partial charge is 0.497 e. The molecule has 0 unspecified atom stereocenters. The number of amides is 1. The van der Waals surface area contributed by atoms with Crippen molar-refractivity contribution in [2.24, 2.45) is 0 Å². The van der Waals surface area contributed by atoms with Crippen LogP contribution in [0.2, 0.25) is 0 Å². The molecule has 29 heavy (non-hydrogen) atoms. The molecule has 1 saturated heterocycles. The van der Waals surface area contributed by atoms with E-state index in [2.05, 4.69) is 23.6 Å². The summed E-state index contributed by atoms with van der Waals surface area (Å²) in [4.78, 5) is 17.5. The van der Waals surface area contributed by atoms with Crippen molar-refractivity contribution in [2.45, 2.75) is 20.4 Å². The van der Waals surface area contributed by atoms with Gasteiger partial charge in [0.25, 0.3) is 5.91 Å². The molecule has 1 aliphatic heterocycles. The Hall–Kier alpha value is -3.15. The van der Waals surface area contributed by atoms with Crippen LogP contribution in [0.15, 0.2) is 53.0 Å². The quantitative estimate of drug-likeness (QED) is 0.613. The Labute approximate surface area is 170 Å². The van der Waals surface area contributed by atoms with Crippen LogP contribution >= 0.6 is 0 Å². The van der Waals surface area contributed by atoms with E-state index in [0.29, 0.717) is 25.3 Å². The minimum absolute atomic E-state index is 0.0460. The number of carbonyl (C=O) groups excluding carboxylic acids is 1. The Kier molecular flexibility index (Phi) is 5.09. The molecule has 0 radical (unpaired) electrons. The second kappa shape index (κ2) is 7.70. The van der Waals surface area contributed by atoms with Crippen molar-refractivity contribution in [3.8, 4) is 5.75 Å². The van der Waals surface area contributed by atoms with Gasteiger partial charge in [-0.05, 0) is 38.1 Å². The van der Waals surface area contributed by atoms with Crippen molar-refractivity contribution >= 4 is 22.7 Å². The van der Waals surface area contributed by atoms with Gasteiger partial charge in [-0.1, -0.05) is 12.2 Å². The zero-order chi connectivity index (χ0) is 20.5. The number of aryl methyl sites for hydroxylation is 1. The van der Waals surface area contributed by atoms with Crippen LogP contribution in [0.3, 0.4) is 0 Å². The number of anilines is 1. The van der Waals surface area contributed by atoms with Crippen molar-refractivity contribution < 1.29 is 13.9 Å². The average molecular weight is 393 g/mol. The number of benzene rings is 1. The van der Waals surface area contributed by atoms with Gasteiger partial charge in [-0.15, -0.1) is 0 Å². The maximum atomic E-state index is 13.3. The molecule has 1 aromatic carbocycles. The van der Waals surface area contributed by atoms with Gasteiger partial charge in [0.05, 0.1) is 12.6 Å². The number of fused-ring (bicyclic) bond motifs is 1. The summed E-state index contributed by atoms with van der Waals surface area (Å²) in [5.41, 5.74) is 4.52. The highest BCUT2D eigenvalue weighted by atomic mass is 16.5. The standard InChI is InChI=1S/C23H27N3O3/c1-16(2)15-26-20-13-17(3)29-22(20)14-21(26)23(27)25-11-9-24(10-12-25)18-5-7-19(28-4)8-6-18/h5-8,13-14H,1,9-12,15H2,2-4H3. The summed E-state index contributed by atoms with van der Waals surface area (Å²) >= 11 is 0. The Balaban J connectivity index is 1.50. The first-order chi connectivity index (χ1) is 14.0. The lowest BCUT2D eigenvalue weighted by Gasteiger charge is -2.36. The van der Waals surface area contributed by atoms with Gasteiger partial charge >= 0.3 is 0 Å². The van der Waals surface area contributed by atoms with E-state index in [4.69, 9.17) is 9.15 Å². The fourth-order valence-electron chi connectivity index (χ4n) is 3.91. The van der Waals surface area contributed by atoms with Crippen LogP contribution < -0.4 is 9.64 Å². The molecule has 0 spiro atoms. The summed E-state index contributed by atoms with van der Waals surface area (Å²) in [6, 6.07) is 11.9. The molecule has 4 rings (SSSR count). The van der Waals surface area contributed by atoms with Gasteiger partial charge in [0.1, 0.15) is 17.2 Å². The van der Waals surface area contributed by atoms with Gasteiger partial charge in [-0.2, -0.15) is 0 Å². The Morgan fingerprint density at radius 3 is 2.45 bits per heavy atom. The number of rotatable bonds is 5. The van der Waals surface area contributed by atoms with Crippen LogP contribution in [0.25, 0.3) is 11.1 Å². The monoisotopic (exact) mass is 393 g/mol. The Bertz CT molecular complexity index is 1040. The number of allylic oxidation sites excluding steroid dienone is 1. The van der Waals surface area contributed by atoms with E-state index < -0.39 is 0 Å². The smallest absolute Gasteiger partial charge is 0.270 e. The highest BCUT2D eigenvalue weighted by molar-refractivity contribution is 5.98. The summed E-state index contributed by atoms with van der Waals surface area (Å²) < 4.78 is 13.0. The molecule has 1 aliphatic rings. The molecular formula is C23H27N3O3. The third kappa shape index (κ3) is 3.75. The summed E-state index contributed by atoms with van der Waals surface area (Å²) in [6.07, 6.45) is 0. The van der Waals surface area contributed by atoms with Gasteiger partial charge < -0.3 is 23.5 Å². The van der Waals surface area contributed by atoms with E-state index >= 15 is 0 Å². The number of hydrogen-bond donors (Lipinski definition) is 0. The summed E-state index contributed by atoms with van der Waals surface area (Å²) in [5.74, 6) is 1.74. The van der Waals surface area contributed by atoms with Crippen LogP contribution in [-0.2, 0) is 6.54 Å². The number of methoxy groups -OCH3 is 1. The maximum Gasteiger partial charge on any atom is 0.270 e. The fourth-order valence-corrected chi connectivity index (χ4v) is 3.91. The SMILES string of the molecule is C=C(C)Cn1c(C(=O)N2CCN(c3ccc(OC)cc3)CC2)cc2oc(C)cc21. The zero-order valence-electron chi connectivity index (χ0n) is 17.3. The van der Waals surface area contributed by atoms with Crippen LogP contribution in [0.1, 0.15) is 23.2 Å². The topological polar surface area (TPSA) is 50.9 Å². The van der Waals surface area contributed by atoms with E-state index in [1.54, 1.807) is 7.11 Å². The van der Waals surface area contributed by atoms with Gasteiger partial charge in [0.15, 0.2) is 5.58 Å². The molecule has 6 heteroatoms. The normalized spacial score (nSPS) is 14.4. The predicted octanol–water partition coefficient (Wildman–Crippen LogP) is 4.09. The number of hydrogen-bond acceptors (Lipinski definition) is 4. The van der Waals surface area contributed by atoms with Crippen molar-refractivity contribution in [3.05, 3.63) is 60.0 Å². The number of ether oxygens (including phenoxy) is 1. The van der Waals surface area contributed by atoms with Gasteiger partial charge in [0.2, 0.25) is 0 Å². The molecule has 3 aromatic rings.